The van der Waals surface area contributed by atoms with Crippen LogP contribution in [-0.4, -0.2) is 10.6 Å². The molecule has 0 saturated carbocycles. The Balaban J connectivity index is 1.31. The van der Waals surface area contributed by atoms with Gasteiger partial charge in [0.05, 0.1) is 11.0 Å². The average molecular weight is 489 g/mol. The molecule has 5 aromatic carbocycles. The van der Waals surface area contributed by atoms with Crippen LogP contribution in [0.5, 0.6) is 0 Å². The molecule has 0 fully saturated rings. The van der Waals surface area contributed by atoms with Crippen LogP contribution >= 0.6 is 0 Å². The van der Waals surface area contributed by atoms with Crippen molar-refractivity contribution in [2.24, 2.45) is 0 Å². The minimum atomic E-state index is 0.456. The van der Waals surface area contributed by atoms with Crippen molar-refractivity contribution in [3.8, 4) is 16.8 Å². The van der Waals surface area contributed by atoms with E-state index < -0.39 is 0 Å². The Kier molecular flexibility index (Phi) is 4.81. The van der Waals surface area contributed by atoms with Crippen molar-refractivity contribution in [1.29, 1.82) is 0 Å². The van der Waals surface area contributed by atoms with E-state index in [2.05, 4.69) is 143 Å². The summed E-state index contributed by atoms with van der Waals surface area (Å²) in [5.41, 5.74) is 10.3. The van der Waals surface area contributed by atoms with E-state index in [-0.39, 0.29) is 0 Å². The average Bonchev–Trinajstić information content (AvgIpc) is 3.50. The summed E-state index contributed by atoms with van der Waals surface area (Å²) in [7, 11) is 0. The standard InChI is InChI=1S/C36H28N2/c1-6-19-32(38-35-22-9-4-17-30(35)31-18-5-10-23-36(31)38)27(14-1)25-12-11-13-26(24-25)37-33-20-7-2-15-28(33)29-16-3-8-21-34(29)37/h1-9,11-22,24,31,36H,10,23H2. The van der Waals surface area contributed by atoms with Crippen molar-refractivity contribution in [2.45, 2.75) is 24.8 Å². The number of hydrogen-bond acceptors (Lipinski definition) is 1. The zero-order valence-corrected chi connectivity index (χ0v) is 21.2. The summed E-state index contributed by atoms with van der Waals surface area (Å²) in [4.78, 5) is 2.62. The summed E-state index contributed by atoms with van der Waals surface area (Å²) in [5, 5.41) is 2.58. The number of anilines is 2. The molecule has 1 aliphatic heterocycles. The van der Waals surface area contributed by atoms with Crippen LogP contribution in [-0.2, 0) is 0 Å². The smallest absolute Gasteiger partial charge is 0.0541 e. The fraction of sp³-hybridized carbons (Fsp3) is 0.111. The Labute approximate surface area is 223 Å². The van der Waals surface area contributed by atoms with Gasteiger partial charge < -0.3 is 9.47 Å². The maximum absolute atomic E-state index is 2.62. The topological polar surface area (TPSA) is 8.17 Å². The summed E-state index contributed by atoms with van der Waals surface area (Å²) < 4.78 is 2.41. The molecular formula is C36H28N2. The van der Waals surface area contributed by atoms with Gasteiger partial charge >= 0.3 is 0 Å². The molecule has 2 heteroatoms. The molecule has 0 spiro atoms. The largest absolute Gasteiger partial charge is 0.337 e. The second-order valence-electron chi connectivity index (χ2n) is 10.5. The Morgan fingerprint density at radius 1 is 0.605 bits per heavy atom. The highest BCUT2D eigenvalue weighted by atomic mass is 15.2. The Hall–Kier alpha value is -4.56. The van der Waals surface area contributed by atoms with E-state index in [1.165, 1.54) is 62.0 Å². The molecular weight excluding hydrogens is 460 g/mol. The van der Waals surface area contributed by atoms with Gasteiger partial charge in [0.2, 0.25) is 0 Å². The molecule has 1 aliphatic carbocycles. The second kappa shape index (κ2) is 8.49. The lowest BCUT2D eigenvalue weighted by Gasteiger charge is -2.33. The van der Waals surface area contributed by atoms with Gasteiger partial charge in [-0.1, -0.05) is 97.1 Å². The predicted octanol–water partition coefficient (Wildman–Crippen LogP) is 9.40. The van der Waals surface area contributed by atoms with Crippen LogP contribution < -0.4 is 4.90 Å². The molecule has 0 N–H and O–H groups in total. The molecule has 2 aliphatic rings. The quantitative estimate of drug-likeness (QED) is 0.225. The highest BCUT2D eigenvalue weighted by Gasteiger charge is 2.39. The maximum atomic E-state index is 2.62. The molecule has 2 nitrogen and oxygen atoms in total. The van der Waals surface area contributed by atoms with E-state index in [4.69, 9.17) is 0 Å². The zero-order chi connectivity index (χ0) is 25.1. The lowest BCUT2D eigenvalue weighted by Crippen LogP contribution is -2.31. The lowest BCUT2D eigenvalue weighted by molar-refractivity contribution is 0.565. The molecule has 1 aromatic heterocycles. The number of nitrogens with zero attached hydrogens (tertiary/aromatic N) is 2. The Morgan fingerprint density at radius 2 is 1.29 bits per heavy atom. The third-order valence-electron chi connectivity index (χ3n) is 8.43. The van der Waals surface area contributed by atoms with Crippen LogP contribution in [0.25, 0.3) is 38.6 Å². The molecule has 0 radical (unpaired) electrons. The van der Waals surface area contributed by atoms with Crippen LogP contribution in [0.4, 0.5) is 11.4 Å². The summed E-state index contributed by atoms with van der Waals surface area (Å²) >= 11 is 0. The minimum Gasteiger partial charge on any atom is -0.337 e. The normalized spacial score (nSPS) is 18.2. The van der Waals surface area contributed by atoms with Gasteiger partial charge in [-0.25, -0.2) is 0 Å². The van der Waals surface area contributed by atoms with E-state index in [1.54, 1.807) is 0 Å². The molecule has 8 rings (SSSR count). The maximum Gasteiger partial charge on any atom is 0.0541 e. The van der Waals surface area contributed by atoms with Crippen LogP contribution in [0.3, 0.4) is 0 Å². The molecule has 6 aromatic rings. The molecule has 0 bridgehead atoms. The van der Waals surface area contributed by atoms with Gasteiger partial charge in [0.25, 0.3) is 0 Å². The second-order valence-corrected chi connectivity index (χ2v) is 10.5. The van der Waals surface area contributed by atoms with Crippen LogP contribution in [0, 0.1) is 0 Å². The number of rotatable bonds is 3. The molecule has 2 heterocycles. The number of benzene rings is 5. The highest BCUT2D eigenvalue weighted by Crippen LogP contribution is 2.51. The number of hydrogen-bond donors (Lipinski definition) is 0. The van der Waals surface area contributed by atoms with E-state index >= 15 is 0 Å². The Bertz CT molecular complexity index is 1800. The van der Waals surface area contributed by atoms with Crippen molar-refractivity contribution in [1.82, 2.24) is 4.57 Å². The number of para-hydroxylation sites is 4. The van der Waals surface area contributed by atoms with Gasteiger partial charge in [-0.15, -0.1) is 0 Å². The minimum absolute atomic E-state index is 0.456. The van der Waals surface area contributed by atoms with Crippen molar-refractivity contribution >= 4 is 33.2 Å². The first-order valence-electron chi connectivity index (χ1n) is 13.6. The van der Waals surface area contributed by atoms with E-state index in [9.17, 15) is 0 Å². The summed E-state index contributed by atoms with van der Waals surface area (Å²) in [6.07, 6.45) is 7.10. The van der Waals surface area contributed by atoms with Crippen LogP contribution in [0.15, 0.2) is 133 Å². The number of allylic oxidation sites excluding steroid dienone is 1. The highest BCUT2D eigenvalue weighted by molar-refractivity contribution is 6.09. The third-order valence-corrected chi connectivity index (χ3v) is 8.43. The van der Waals surface area contributed by atoms with Gasteiger partial charge in [-0.3, -0.25) is 0 Å². The van der Waals surface area contributed by atoms with Gasteiger partial charge in [0.15, 0.2) is 0 Å². The van der Waals surface area contributed by atoms with E-state index in [0.717, 1.165) is 6.42 Å². The predicted molar refractivity (Wildman–Crippen MR) is 160 cm³/mol. The van der Waals surface area contributed by atoms with E-state index in [1.807, 2.05) is 0 Å². The molecule has 2 unspecified atom stereocenters. The van der Waals surface area contributed by atoms with Crippen molar-refractivity contribution < 1.29 is 0 Å². The molecule has 0 saturated heterocycles. The van der Waals surface area contributed by atoms with Crippen LogP contribution in [0.1, 0.15) is 24.3 Å². The van der Waals surface area contributed by atoms with Crippen molar-refractivity contribution in [3.05, 3.63) is 139 Å². The monoisotopic (exact) mass is 488 g/mol. The zero-order valence-electron chi connectivity index (χ0n) is 21.2. The van der Waals surface area contributed by atoms with Gasteiger partial charge in [-0.05, 0) is 60.4 Å². The molecule has 182 valence electrons. The first-order chi connectivity index (χ1) is 18.9. The first kappa shape index (κ1) is 21.5. The summed E-state index contributed by atoms with van der Waals surface area (Å²) in [6, 6.07) is 44.9. The van der Waals surface area contributed by atoms with Crippen LogP contribution in [0.2, 0.25) is 0 Å². The molecule has 0 amide bonds. The van der Waals surface area contributed by atoms with Gasteiger partial charge in [-0.2, -0.15) is 0 Å². The van der Waals surface area contributed by atoms with E-state index in [0.29, 0.717) is 12.0 Å². The fourth-order valence-electron chi connectivity index (χ4n) is 6.84. The molecule has 38 heavy (non-hydrogen) atoms. The Morgan fingerprint density at radius 3 is 2.11 bits per heavy atom. The number of aromatic nitrogens is 1. The number of fused-ring (bicyclic) bond motifs is 6. The summed E-state index contributed by atoms with van der Waals surface area (Å²) in [5.74, 6) is 0.456. The van der Waals surface area contributed by atoms with Gasteiger partial charge in [0.1, 0.15) is 0 Å². The SMILES string of the molecule is C1=CC2c3ccccc3N(c3ccccc3-c3cccc(-n4c5ccccc5c5ccccc54)c3)C2CC1. The lowest BCUT2D eigenvalue weighted by atomic mass is 9.87. The van der Waals surface area contributed by atoms with Crippen molar-refractivity contribution in [3.63, 3.8) is 0 Å². The third kappa shape index (κ3) is 3.13. The molecule has 2 atom stereocenters. The van der Waals surface area contributed by atoms with Crippen molar-refractivity contribution in [2.75, 3.05) is 4.90 Å². The first-order valence-corrected chi connectivity index (χ1v) is 13.6. The van der Waals surface area contributed by atoms with Gasteiger partial charge in [0, 0.05) is 45.4 Å². The fourth-order valence-corrected chi connectivity index (χ4v) is 6.84. The summed E-state index contributed by atoms with van der Waals surface area (Å²) in [6.45, 7) is 0.